The molecule has 1 fully saturated rings. The van der Waals surface area contributed by atoms with Gasteiger partial charge in [0.25, 0.3) is 0 Å². The van der Waals surface area contributed by atoms with Gasteiger partial charge < -0.3 is 19.5 Å². The Morgan fingerprint density at radius 2 is 1.93 bits per heavy atom. The highest BCUT2D eigenvalue weighted by Gasteiger charge is 2.41. The zero-order valence-corrected chi connectivity index (χ0v) is 16.0. The number of ether oxygens (including phenoxy) is 3. The highest BCUT2D eigenvalue weighted by Crippen LogP contribution is 2.31. The van der Waals surface area contributed by atoms with E-state index in [1.807, 2.05) is 0 Å². The van der Waals surface area contributed by atoms with E-state index in [2.05, 4.69) is 10.1 Å². The summed E-state index contributed by atoms with van der Waals surface area (Å²) in [7, 11) is 1.33. The first kappa shape index (κ1) is 21.7. The van der Waals surface area contributed by atoms with Crippen LogP contribution in [0.25, 0.3) is 6.08 Å². The molecule has 6 nitrogen and oxygen atoms in total. The summed E-state index contributed by atoms with van der Waals surface area (Å²) in [6.07, 6.45) is 6.57. The maximum absolute atomic E-state index is 12.4. The third-order valence-electron chi connectivity index (χ3n) is 4.57. The van der Waals surface area contributed by atoms with Crippen molar-refractivity contribution in [2.75, 3.05) is 13.7 Å². The van der Waals surface area contributed by atoms with Crippen LogP contribution in [0.15, 0.2) is 24.3 Å². The molecule has 0 radical (unpaired) electrons. The number of methoxy groups -OCH3 is 1. The van der Waals surface area contributed by atoms with Crippen molar-refractivity contribution in [3.8, 4) is 11.5 Å². The molecule has 0 saturated heterocycles. The van der Waals surface area contributed by atoms with E-state index < -0.39 is 24.0 Å². The molecule has 1 amide bonds. The van der Waals surface area contributed by atoms with Gasteiger partial charge in [-0.15, -0.1) is 0 Å². The van der Waals surface area contributed by atoms with E-state index in [4.69, 9.17) is 9.47 Å². The van der Waals surface area contributed by atoms with Crippen LogP contribution in [-0.4, -0.2) is 37.7 Å². The van der Waals surface area contributed by atoms with Crippen molar-refractivity contribution in [2.24, 2.45) is 0 Å². The summed E-state index contributed by atoms with van der Waals surface area (Å²) < 4.78 is 39.3. The van der Waals surface area contributed by atoms with Gasteiger partial charge in [-0.25, -0.2) is 4.79 Å². The van der Waals surface area contributed by atoms with Crippen LogP contribution in [0.4, 0.5) is 8.78 Å². The van der Waals surface area contributed by atoms with Gasteiger partial charge in [0, 0.05) is 6.08 Å². The van der Waals surface area contributed by atoms with Crippen LogP contribution in [0.1, 0.15) is 44.6 Å². The Morgan fingerprint density at radius 3 is 2.54 bits per heavy atom. The van der Waals surface area contributed by atoms with E-state index in [0.717, 1.165) is 19.3 Å². The lowest BCUT2D eigenvalue weighted by molar-refractivity contribution is -0.154. The lowest BCUT2D eigenvalue weighted by Gasteiger charge is -2.35. The number of nitrogens with one attached hydrogen (secondary N) is 1. The summed E-state index contributed by atoms with van der Waals surface area (Å²) in [4.78, 5) is 24.8. The predicted molar refractivity (Wildman–Crippen MR) is 99.3 cm³/mol. The summed E-state index contributed by atoms with van der Waals surface area (Å²) in [5.74, 6) is -0.811. The van der Waals surface area contributed by atoms with Crippen molar-refractivity contribution in [3.05, 3.63) is 29.8 Å². The fraction of sp³-hybridized carbons (Fsp3) is 0.500. The molecule has 0 unspecified atom stereocenters. The number of hydrogen-bond donors (Lipinski definition) is 1. The molecule has 0 aliphatic heterocycles. The maximum atomic E-state index is 12.4. The van der Waals surface area contributed by atoms with Gasteiger partial charge in [0.05, 0.1) is 13.7 Å². The normalized spacial score (nSPS) is 16.0. The minimum Gasteiger partial charge on any atom is -0.493 e. The molecule has 0 aromatic heterocycles. The van der Waals surface area contributed by atoms with Crippen LogP contribution in [0.5, 0.6) is 11.5 Å². The zero-order valence-electron chi connectivity index (χ0n) is 16.0. The number of hydrogen-bond acceptors (Lipinski definition) is 5. The molecule has 28 heavy (non-hydrogen) atoms. The van der Waals surface area contributed by atoms with Crippen molar-refractivity contribution < 1.29 is 32.6 Å². The maximum Gasteiger partial charge on any atom is 0.387 e. The Balaban J connectivity index is 2.10. The standard InChI is InChI=1S/C20H25F2NO5/c1-3-27-18(25)20(11-5-4-6-12-20)23-17(24)10-8-14-7-9-15(28-19(21)22)16(13-14)26-2/h7-10,13,19H,3-6,11-12H2,1-2H3,(H,23,24)/b10-8+. The first-order valence-corrected chi connectivity index (χ1v) is 9.20. The molecule has 0 heterocycles. The molecule has 0 bridgehead atoms. The van der Waals surface area contributed by atoms with E-state index in [1.165, 1.54) is 37.5 Å². The van der Waals surface area contributed by atoms with Gasteiger partial charge in [-0.3, -0.25) is 4.79 Å². The van der Waals surface area contributed by atoms with Crippen molar-refractivity contribution in [1.29, 1.82) is 0 Å². The molecule has 154 valence electrons. The average molecular weight is 397 g/mol. The van der Waals surface area contributed by atoms with Gasteiger partial charge in [0.2, 0.25) is 5.91 Å². The molecule has 1 aromatic carbocycles. The zero-order chi connectivity index (χ0) is 20.6. The van der Waals surface area contributed by atoms with E-state index in [-0.39, 0.29) is 18.1 Å². The Hall–Kier alpha value is -2.64. The number of amides is 1. The number of rotatable bonds is 8. The number of carbonyl (C=O) groups is 2. The fourth-order valence-corrected chi connectivity index (χ4v) is 3.24. The second-order valence-corrected chi connectivity index (χ2v) is 6.47. The summed E-state index contributed by atoms with van der Waals surface area (Å²) in [6, 6.07) is 4.33. The molecule has 1 aliphatic rings. The van der Waals surface area contributed by atoms with Crippen LogP contribution >= 0.6 is 0 Å². The van der Waals surface area contributed by atoms with Crippen LogP contribution in [0.2, 0.25) is 0 Å². The van der Waals surface area contributed by atoms with Crippen LogP contribution in [0, 0.1) is 0 Å². The second kappa shape index (κ2) is 10.1. The van der Waals surface area contributed by atoms with Gasteiger partial charge in [0.15, 0.2) is 11.5 Å². The Kier molecular flexibility index (Phi) is 7.78. The van der Waals surface area contributed by atoms with Crippen molar-refractivity contribution in [2.45, 2.75) is 51.2 Å². The van der Waals surface area contributed by atoms with Gasteiger partial charge in [-0.1, -0.05) is 25.3 Å². The number of halogens is 2. The number of carbonyl (C=O) groups excluding carboxylic acids is 2. The van der Waals surface area contributed by atoms with Crippen LogP contribution in [0.3, 0.4) is 0 Å². The molecular formula is C20H25F2NO5. The predicted octanol–water partition coefficient (Wildman–Crippen LogP) is 3.69. The number of esters is 1. The van der Waals surface area contributed by atoms with E-state index >= 15 is 0 Å². The largest absolute Gasteiger partial charge is 0.493 e. The van der Waals surface area contributed by atoms with Gasteiger partial charge in [0.1, 0.15) is 5.54 Å². The van der Waals surface area contributed by atoms with Crippen molar-refractivity contribution >= 4 is 18.0 Å². The van der Waals surface area contributed by atoms with Gasteiger partial charge in [-0.05, 0) is 43.5 Å². The average Bonchev–Trinajstić information content (AvgIpc) is 2.67. The lowest BCUT2D eigenvalue weighted by atomic mass is 9.81. The van der Waals surface area contributed by atoms with E-state index in [9.17, 15) is 18.4 Å². The Morgan fingerprint density at radius 1 is 1.21 bits per heavy atom. The summed E-state index contributed by atoms with van der Waals surface area (Å²) in [6.45, 7) is -0.986. The highest BCUT2D eigenvalue weighted by atomic mass is 19.3. The van der Waals surface area contributed by atoms with E-state index in [1.54, 1.807) is 6.92 Å². The van der Waals surface area contributed by atoms with Crippen molar-refractivity contribution in [3.63, 3.8) is 0 Å². The Labute approximate surface area is 162 Å². The minimum atomic E-state index is -2.96. The third-order valence-corrected chi connectivity index (χ3v) is 4.57. The molecule has 0 atom stereocenters. The smallest absolute Gasteiger partial charge is 0.387 e. The summed E-state index contributed by atoms with van der Waals surface area (Å²) in [5, 5.41) is 2.80. The quantitative estimate of drug-likeness (QED) is 0.535. The second-order valence-electron chi connectivity index (χ2n) is 6.47. The Bertz CT molecular complexity index is 715. The van der Waals surface area contributed by atoms with Gasteiger partial charge >= 0.3 is 12.6 Å². The molecule has 0 spiro atoms. The first-order chi connectivity index (χ1) is 13.4. The molecule has 1 saturated carbocycles. The number of alkyl halides is 2. The molecule has 1 aromatic rings. The van der Waals surface area contributed by atoms with Crippen molar-refractivity contribution in [1.82, 2.24) is 5.32 Å². The molecule has 1 aliphatic carbocycles. The molecule has 8 heteroatoms. The van der Waals surface area contributed by atoms with Crippen LogP contribution in [-0.2, 0) is 14.3 Å². The summed E-state index contributed by atoms with van der Waals surface area (Å²) in [5.41, 5.74) is -0.440. The lowest BCUT2D eigenvalue weighted by Crippen LogP contribution is -2.56. The highest BCUT2D eigenvalue weighted by molar-refractivity contribution is 5.96. The SMILES string of the molecule is CCOC(=O)C1(NC(=O)/C=C/c2ccc(OC(F)F)c(OC)c2)CCCCC1. The first-order valence-electron chi connectivity index (χ1n) is 9.20. The monoisotopic (exact) mass is 397 g/mol. The van der Waals surface area contributed by atoms with Crippen LogP contribution < -0.4 is 14.8 Å². The number of benzene rings is 1. The fourth-order valence-electron chi connectivity index (χ4n) is 3.24. The van der Waals surface area contributed by atoms with Gasteiger partial charge in [-0.2, -0.15) is 8.78 Å². The minimum absolute atomic E-state index is 0.0948. The molecule has 2 rings (SSSR count). The van der Waals surface area contributed by atoms with E-state index in [0.29, 0.717) is 18.4 Å². The summed E-state index contributed by atoms with van der Waals surface area (Å²) >= 11 is 0. The molecular weight excluding hydrogens is 372 g/mol. The molecule has 1 N–H and O–H groups in total. The third kappa shape index (κ3) is 5.68. The topological polar surface area (TPSA) is 73.9 Å².